The van der Waals surface area contributed by atoms with Gasteiger partial charge in [-0.2, -0.15) is 5.10 Å². The van der Waals surface area contributed by atoms with Crippen LogP contribution in [0.4, 0.5) is 5.69 Å². The van der Waals surface area contributed by atoms with Crippen LogP contribution in [-0.2, 0) is 0 Å². The Hall–Kier alpha value is -1.55. The average Bonchev–Trinajstić information content (AvgIpc) is 2.99. The fourth-order valence-corrected chi connectivity index (χ4v) is 2.80. The van der Waals surface area contributed by atoms with E-state index in [9.17, 15) is 0 Å². The molecule has 18 heavy (non-hydrogen) atoms. The van der Waals surface area contributed by atoms with Gasteiger partial charge in [0, 0.05) is 17.5 Å². The van der Waals surface area contributed by atoms with E-state index in [0.717, 1.165) is 16.6 Å². The number of anilines is 1. The van der Waals surface area contributed by atoms with Gasteiger partial charge >= 0.3 is 0 Å². The summed E-state index contributed by atoms with van der Waals surface area (Å²) in [6.07, 6.45) is 5.65. The lowest BCUT2D eigenvalue weighted by molar-refractivity contribution is 0.523. The van der Waals surface area contributed by atoms with Crippen molar-refractivity contribution in [1.82, 2.24) is 15.5 Å². The molecule has 1 aliphatic rings. The molecule has 1 fully saturated rings. The molecule has 2 atom stereocenters. The zero-order chi connectivity index (χ0) is 12.4. The maximum Gasteiger partial charge on any atom is 0.0881 e. The van der Waals surface area contributed by atoms with Gasteiger partial charge in [0.05, 0.1) is 17.4 Å². The van der Waals surface area contributed by atoms with Crippen molar-refractivity contribution in [2.24, 2.45) is 0 Å². The molecule has 4 nitrogen and oxygen atoms in total. The molecule has 4 heteroatoms. The zero-order valence-corrected chi connectivity index (χ0v) is 10.7. The van der Waals surface area contributed by atoms with Crippen molar-refractivity contribution in [2.75, 3.05) is 11.9 Å². The number of fused-ring (bicyclic) bond motifs is 1. The predicted molar refractivity (Wildman–Crippen MR) is 74.8 cm³/mol. The number of nitrogens with one attached hydrogen (secondary N) is 3. The normalized spacial score (nSPS) is 21.3. The van der Waals surface area contributed by atoms with Gasteiger partial charge in [-0.1, -0.05) is 12.1 Å². The van der Waals surface area contributed by atoms with Crippen LogP contribution < -0.4 is 10.6 Å². The summed E-state index contributed by atoms with van der Waals surface area (Å²) in [7, 11) is 0. The number of para-hydroxylation sites is 1. The number of hydrogen-bond donors (Lipinski definition) is 3. The van der Waals surface area contributed by atoms with Gasteiger partial charge in [-0.3, -0.25) is 5.10 Å². The van der Waals surface area contributed by atoms with Crippen LogP contribution in [0.15, 0.2) is 24.4 Å². The first kappa shape index (κ1) is 11.5. The van der Waals surface area contributed by atoms with E-state index in [1.807, 2.05) is 6.20 Å². The monoisotopic (exact) mass is 244 g/mol. The van der Waals surface area contributed by atoms with Crippen LogP contribution in [0, 0.1) is 0 Å². The van der Waals surface area contributed by atoms with Crippen molar-refractivity contribution in [3.8, 4) is 0 Å². The highest BCUT2D eigenvalue weighted by Crippen LogP contribution is 2.22. The number of aromatic amines is 1. The third-order valence-corrected chi connectivity index (χ3v) is 3.68. The zero-order valence-electron chi connectivity index (χ0n) is 10.7. The maximum absolute atomic E-state index is 4.10. The van der Waals surface area contributed by atoms with Crippen molar-refractivity contribution >= 4 is 16.6 Å². The molecule has 1 saturated heterocycles. The molecule has 2 heterocycles. The number of H-pyrrole nitrogens is 1. The van der Waals surface area contributed by atoms with E-state index in [2.05, 4.69) is 46.0 Å². The largest absolute Gasteiger partial charge is 0.381 e. The molecule has 0 bridgehead atoms. The topological polar surface area (TPSA) is 52.7 Å². The Morgan fingerprint density at radius 2 is 2.44 bits per heavy atom. The van der Waals surface area contributed by atoms with E-state index in [1.165, 1.54) is 25.8 Å². The lowest BCUT2D eigenvalue weighted by Gasteiger charge is -2.19. The SMILES string of the molecule is CC(CC1CCCN1)Nc1cccc2cn[nH]c12. The van der Waals surface area contributed by atoms with Gasteiger partial charge in [-0.05, 0) is 38.8 Å². The minimum atomic E-state index is 0.467. The molecule has 1 aliphatic heterocycles. The van der Waals surface area contributed by atoms with E-state index in [0.29, 0.717) is 12.1 Å². The van der Waals surface area contributed by atoms with Crippen LogP contribution in [0.1, 0.15) is 26.2 Å². The highest BCUT2D eigenvalue weighted by molar-refractivity contribution is 5.89. The number of hydrogen-bond acceptors (Lipinski definition) is 3. The van der Waals surface area contributed by atoms with Gasteiger partial charge in [0.15, 0.2) is 0 Å². The molecular formula is C14H20N4. The summed E-state index contributed by atoms with van der Waals surface area (Å²) < 4.78 is 0. The van der Waals surface area contributed by atoms with Crippen LogP contribution in [0.5, 0.6) is 0 Å². The lowest BCUT2D eigenvalue weighted by atomic mass is 10.1. The van der Waals surface area contributed by atoms with Crippen LogP contribution in [0.25, 0.3) is 10.9 Å². The maximum atomic E-state index is 4.10. The van der Waals surface area contributed by atoms with Gasteiger partial charge in [-0.15, -0.1) is 0 Å². The molecule has 0 spiro atoms. The van der Waals surface area contributed by atoms with E-state index in [4.69, 9.17) is 0 Å². The van der Waals surface area contributed by atoms with Gasteiger partial charge in [-0.25, -0.2) is 0 Å². The molecule has 3 rings (SSSR count). The Morgan fingerprint density at radius 3 is 3.28 bits per heavy atom. The van der Waals surface area contributed by atoms with Crippen molar-refractivity contribution in [3.63, 3.8) is 0 Å². The average molecular weight is 244 g/mol. The fraction of sp³-hybridized carbons (Fsp3) is 0.500. The van der Waals surface area contributed by atoms with Crippen LogP contribution in [0.3, 0.4) is 0 Å². The second-order valence-electron chi connectivity index (χ2n) is 5.21. The van der Waals surface area contributed by atoms with Crippen molar-refractivity contribution in [3.05, 3.63) is 24.4 Å². The van der Waals surface area contributed by atoms with Crippen LogP contribution in [-0.4, -0.2) is 28.8 Å². The summed E-state index contributed by atoms with van der Waals surface area (Å²) in [6.45, 7) is 3.42. The van der Waals surface area contributed by atoms with Crippen molar-refractivity contribution in [1.29, 1.82) is 0 Å². The molecule has 0 aliphatic carbocycles. The highest BCUT2D eigenvalue weighted by Gasteiger charge is 2.17. The number of rotatable bonds is 4. The van der Waals surface area contributed by atoms with E-state index < -0.39 is 0 Å². The Bertz CT molecular complexity index is 513. The van der Waals surface area contributed by atoms with E-state index >= 15 is 0 Å². The first-order valence-corrected chi connectivity index (χ1v) is 6.75. The third kappa shape index (κ3) is 2.34. The van der Waals surface area contributed by atoms with Crippen molar-refractivity contribution < 1.29 is 0 Å². The summed E-state index contributed by atoms with van der Waals surface area (Å²) >= 11 is 0. The minimum Gasteiger partial charge on any atom is -0.381 e. The Balaban J connectivity index is 1.69. The molecule has 0 amide bonds. The molecule has 1 aromatic heterocycles. The molecule has 0 saturated carbocycles. The highest BCUT2D eigenvalue weighted by atomic mass is 15.1. The third-order valence-electron chi connectivity index (χ3n) is 3.68. The molecular weight excluding hydrogens is 224 g/mol. The first-order chi connectivity index (χ1) is 8.83. The minimum absolute atomic E-state index is 0.467. The quantitative estimate of drug-likeness (QED) is 0.774. The number of aromatic nitrogens is 2. The Labute approximate surface area is 107 Å². The summed E-state index contributed by atoms with van der Waals surface area (Å²) in [6, 6.07) is 7.40. The molecule has 1 aromatic carbocycles. The van der Waals surface area contributed by atoms with Gasteiger partial charge < -0.3 is 10.6 Å². The van der Waals surface area contributed by atoms with Gasteiger partial charge in [0.25, 0.3) is 0 Å². The number of benzene rings is 1. The molecule has 96 valence electrons. The Morgan fingerprint density at radius 1 is 1.50 bits per heavy atom. The smallest absolute Gasteiger partial charge is 0.0881 e. The van der Waals surface area contributed by atoms with Crippen LogP contribution in [0.2, 0.25) is 0 Å². The second kappa shape index (κ2) is 4.98. The molecule has 0 radical (unpaired) electrons. The molecule has 2 aromatic rings. The summed E-state index contributed by atoms with van der Waals surface area (Å²) in [5.41, 5.74) is 2.25. The van der Waals surface area contributed by atoms with Gasteiger partial charge in [0.1, 0.15) is 0 Å². The van der Waals surface area contributed by atoms with Gasteiger partial charge in [0.2, 0.25) is 0 Å². The van der Waals surface area contributed by atoms with E-state index in [-0.39, 0.29) is 0 Å². The molecule has 2 unspecified atom stereocenters. The first-order valence-electron chi connectivity index (χ1n) is 6.75. The second-order valence-corrected chi connectivity index (χ2v) is 5.21. The molecule has 3 N–H and O–H groups in total. The predicted octanol–water partition coefficient (Wildman–Crippen LogP) is 2.51. The summed E-state index contributed by atoms with van der Waals surface area (Å²) in [4.78, 5) is 0. The van der Waals surface area contributed by atoms with Crippen LogP contribution >= 0.6 is 0 Å². The van der Waals surface area contributed by atoms with E-state index in [1.54, 1.807) is 0 Å². The number of nitrogens with zero attached hydrogens (tertiary/aromatic N) is 1. The summed E-state index contributed by atoms with van der Waals surface area (Å²) in [5, 5.41) is 15.4. The summed E-state index contributed by atoms with van der Waals surface area (Å²) in [5.74, 6) is 0. The lowest BCUT2D eigenvalue weighted by Crippen LogP contribution is -2.29. The Kier molecular flexibility index (Phi) is 3.19. The standard InChI is InChI=1S/C14H20N4/c1-10(8-12-5-3-7-15-12)17-13-6-2-4-11-9-16-18-14(11)13/h2,4,6,9-10,12,15,17H,3,5,7-8H2,1H3,(H,16,18). The fourth-order valence-electron chi connectivity index (χ4n) is 2.80. The van der Waals surface area contributed by atoms with Crippen molar-refractivity contribution in [2.45, 2.75) is 38.3 Å².